The predicted octanol–water partition coefficient (Wildman–Crippen LogP) is -0.156. The Morgan fingerprint density at radius 2 is 2.16 bits per heavy atom. The Kier molecular flexibility index (Phi) is 4.19. The standard InChI is InChI=1S/C14H20N2O3/c1-15-9-14(19)10-16(8-7-12(14)17)13(18)11-5-3-2-4-6-11/h2-6,12,15,17,19H,7-10H2,1H3/t12-,14+/m1/s1. The Balaban J connectivity index is 2.12. The van der Waals surface area contributed by atoms with Crippen LogP contribution in [0.4, 0.5) is 0 Å². The van der Waals surface area contributed by atoms with Crippen LogP contribution in [0.2, 0.25) is 0 Å². The number of carbonyl (C=O) groups is 1. The van der Waals surface area contributed by atoms with Gasteiger partial charge in [0.2, 0.25) is 0 Å². The molecule has 2 atom stereocenters. The summed E-state index contributed by atoms with van der Waals surface area (Å²) in [6.45, 7) is 0.858. The fourth-order valence-electron chi connectivity index (χ4n) is 2.48. The van der Waals surface area contributed by atoms with Crippen molar-refractivity contribution in [1.82, 2.24) is 10.2 Å². The topological polar surface area (TPSA) is 72.8 Å². The van der Waals surface area contributed by atoms with E-state index in [-0.39, 0.29) is 19.0 Å². The van der Waals surface area contributed by atoms with Gasteiger partial charge in [-0.25, -0.2) is 0 Å². The van der Waals surface area contributed by atoms with Crippen LogP contribution in [0, 0.1) is 0 Å². The van der Waals surface area contributed by atoms with E-state index < -0.39 is 11.7 Å². The first-order valence-corrected chi connectivity index (χ1v) is 6.46. The third kappa shape index (κ3) is 2.94. The lowest BCUT2D eigenvalue weighted by Crippen LogP contribution is -2.62. The average molecular weight is 264 g/mol. The number of benzene rings is 1. The predicted molar refractivity (Wildman–Crippen MR) is 71.8 cm³/mol. The number of aliphatic hydroxyl groups excluding tert-OH is 1. The molecule has 104 valence electrons. The number of nitrogens with one attached hydrogen (secondary N) is 1. The zero-order valence-electron chi connectivity index (χ0n) is 11.0. The third-order valence-electron chi connectivity index (χ3n) is 3.55. The van der Waals surface area contributed by atoms with Gasteiger partial charge in [-0.3, -0.25) is 4.79 Å². The molecule has 1 heterocycles. The highest BCUT2D eigenvalue weighted by Crippen LogP contribution is 2.22. The van der Waals surface area contributed by atoms with Gasteiger partial charge in [0.25, 0.3) is 5.91 Å². The van der Waals surface area contributed by atoms with E-state index >= 15 is 0 Å². The van der Waals surface area contributed by atoms with Gasteiger partial charge in [0, 0.05) is 18.7 Å². The van der Waals surface area contributed by atoms with Crippen LogP contribution in [0.5, 0.6) is 0 Å². The number of aliphatic hydroxyl groups is 2. The van der Waals surface area contributed by atoms with E-state index in [2.05, 4.69) is 5.32 Å². The van der Waals surface area contributed by atoms with Crippen LogP contribution in [0.25, 0.3) is 0 Å². The Bertz CT molecular complexity index is 438. The molecule has 0 saturated carbocycles. The molecule has 1 aliphatic rings. The SMILES string of the molecule is CNC[C@]1(O)CN(C(=O)c2ccccc2)CC[C@H]1O. The number of hydrogen-bond acceptors (Lipinski definition) is 4. The van der Waals surface area contributed by atoms with Gasteiger partial charge in [0.05, 0.1) is 12.6 Å². The number of rotatable bonds is 3. The van der Waals surface area contributed by atoms with Crippen LogP contribution in [-0.4, -0.2) is 59.4 Å². The van der Waals surface area contributed by atoms with E-state index in [9.17, 15) is 15.0 Å². The second kappa shape index (κ2) is 5.69. The number of carbonyl (C=O) groups excluding carboxylic acids is 1. The minimum atomic E-state index is -1.28. The zero-order chi connectivity index (χ0) is 13.9. The van der Waals surface area contributed by atoms with Crippen LogP contribution in [0.15, 0.2) is 30.3 Å². The van der Waals surface area contributed by atoms with Crippen molar-refractivity contribution in [3.05, 3.63) is 35.9 Å². The van der Waals surface area contributed by atoms with E-state index in [0.717, 1.165) is 0 Å². The van der Waals surface area contributed by atoms with Crippen molar-refractivity contribution in [1.29, 1.82) is 0 Å². The summed E-state index contributed by atoms with van der Waals surface area (Å²) < 4.78 is 0. The molecule has 19 heavy (non-hydrogen) atoms. The first-order chi connectivity index (χ1) is 9.07. The fraction of sp³-hybridized carbons (Fsp3) is 0.500. The molecule has 0 unspecified atom stereocenters. The van der Waals surface area contributed by atoms with Crippen molar-refractivity contribution >= 4 is 5.91 Å². The molecule has 0 aromatic heterocycles. The van der Waals surface area contributed by atoms with Gasteiger partial charge in [-0.15, -0.1) is 0 Å². The monoisotopic (exact) mass is 264 g/mol. The van der Waals surface area contributed by atoms with E-state index in [1.165, 1.54) is 0 Å². The summed E-state index contributed by atoms with van der Waals surface area (Å²) in [4.78, 5) is 13.9. The van der Waals surface area contributed by atoms with Crippen molar-refractivity contribution in [2.45, 2.75) is 18.1 Å². The Morgan fingerprint density at radius 3 is 2.79 bits per heavy atom. The van der Waals surface area contributed by atoms with E-state index in [0.29, 0.717) is 18.5 Å². The molecule has 0 radical (unpaired) electrons. The van der Waals surface area contributed by atoms with E-state index in [4.69, 9.17) is 0 Å². The average Bonchev–Trinajstić information content (AvgIpc) is 2.42. The van der Waals surface area contributed by atoms with Crippen LogP contribution >= 0.6 is 0 Å². The summed E-state index contributed by atoms with van der Waals surface area (Å²) in [7, 11) is 1.71. The second-order valence-electron chi connectivity index (χ2n) is 5.03. The summed E-state index contributed by atoms with van der Waals surface area (Å²) in [6.07, 6.45) is -0.420. The molecule has 3 N–H and O–H groups in total. The molecule has 0 bridgehead atoms. The lowest BCUT2D eigenvalue weighted by molar-refractivity contribution is -0.110. The Labute approximate surface area is 112 Å². The first-order valence-electron chi connectivity index (χ1n) is 6.46. The summed E-state index contributed by atoms with van der Waals surface area (Å²) in [5, 5.41) is 23.2. The molecule has 5 heteroatoms. The maximum absolute atomic E-state index is 12.3. The third-order valence-corrected chi connectivity index (χ3v) is 3.55. The van der Waals surface area contributed by atoms with Crippen LogP contribution in [0.1, 0.15) is 16.8 Å². The number of likely N-dealkylation sites (N-methyl/N-ethyl adjacent to an activating group) is 1. The summed E-state index contributed by atoms with van der Waals surface area (Å²) >= 11 is 0. The second-order valence-corrected chi connectivity index (χ2v) is 5.03. The van der Waals surface area contributed by atoms with Gasteiger partial charge in [0.1, 0.15) is 5.60 Å². The number of nitrogens with zero attached hydrogens (tertiary/aromatic N) is 1. The normalized spacial score (nSPS) is 27.3. The highest BCUT2D eigenvalue weighted by Gasteiger charge is 2.42. The van der Waals surface area contributed by atoms with Gasteiger partial charge in [0.15, 0.2) is 0 Å². The number of amides is 1. The van der Waals surface area contributed by atoms with Gasteiger partial charge in [-0.1, -0.05) is 18.2 Å². The van der Waals surface area contributed by atoms with Crippen LogP contribution < -0.4 is 5.32 Å². The summed E-state index contributed by atoms with van der Waals surface area (Å²) in [5.74, 6) is -0.109. The lowest BCUT2D eigenvalue weighted by atomic mass is 9.89. The van der Waals surface area contributed by atoms with Crippen LogP contribution in [-0.2, 0) is 0 Å². The van der Waals surface area contributed by atoms with Gasteiger partial charge >= 0.3 is 0 Å². The molecule has 2 rings (SSSR count). The molecule has 0 spiro atoms. The maximum atomic E-state index is 12.3. The van der Waals surface area contributed by atoms with Crippen molar-refractivity contribution < 1.29 is 15.0 Å². The summed E-state index contributed by atoms with van der Waals surface area (Å²) in [5.41, 5.74) is -0.678. The molecular weight excluding hydrogens is 244 g/mol. The van der Waals surface area contributed by atoms with E-state index in [1.54, 1.807) is 24.1 Å². The lowest BCUT2D eigenvalue weighted by Gasteiger charge is -2.42. The van der Waals surface area contributed by atoms with E-state index in [1.807, 2.05) is 18.2 Å². The fourth-order valence-corrected chi connectivity index (χ4v) is 2.48. The molecule has 1 amide bonds. The Morgan fingerprint density at radius 1 is 1.47 bits per heavy atom. The molecule has 1 aromatic carbocycles. The highest BCUT2D eigenvalue weighted by atomic mass is 16.3. The van der Waals surface area contributed by atoms with Gasteiger partial charge in [-0.2, -0.15) is 0 Å². The molecular formula is C14H20N2O3. The largest absolute Gasteiger partial charge is 0.390 e. The molecule has 1 saturated heterocycles. The smallest absolute Gasteiger partial charge is 0.253 e. The quantitative estimate of drug-likeness (QED) is 0.709. The molecule has 0 aliphatic carbocycles. The number of β-amino-alcohol motifs (C(OH)–C–C–N with tert-alkyl or cyclic N) is 1. The van der Waals surface area contributed by atoms with Crippen molar-refractivity contribution in [3.63, 3.8) is 0 Å². The van der Waals surface area contributed by atoms with Gasteiger partial charge < -0.3 is 20.4 Å². The summed E-state index contributed by atoms with van der Waals surface area (Å²) in [6, 6.07) is 8.99. The maximum Gasteiger partial charge on any atom is 0.253 e. The zero-order valence-corrected chi connectivity index (χ0v) is 11.0. The molecule has 1 aliphatic heterocycles. The minimum absolute atomic E-state index is 0.109. The molecule has 1 fully saturated rings. The molecule has 5 nitrogen and oxygen atoms in total. The van der Waals surface area contributed by atoms with Crippen molar-refractivity contribution in [2.75, 3.05) is 26.7 Å². The van der Waals surface area contributed by atoms with Crippen molar-refractivity contribution in [3.8, 4) is 0 Å². The van der Waals surface area contributed by atoms with Gasteiger partial charge in [-0.05, 0) is 25.6 Å². The number of likely N-dealkylation sites (tertiary alicyclic amines) is 1. The van der Waals surface area contributed by atoms with Crippen molar-refractivity contribution in [2.24, 2.45) is 0 Å². The number of hydrogen-bond donors (Lipinski definition) is 3. The molecule has 1 aromatic rings. The van der Waals surface area contributed by atoms with Crippen LogP contribution in [0.3, 0.4) is 0 Å². The number of piperidine rings is 1. The first kappa shape index (κ1) is 14.0. The Hall–Kier alpha value is -1.43. The highest BCUT2D eigenvalue weighted by molar-refractivity contribution is 5.94. The minimum Gasteiger partial charge on any atom is -0.390 e.